The maximum Gasteiger partial charge on any atom is 0.410 e. The molecule has 1 rings (SSSR count). The molecule has 5 nitrogen and oxygen atoms in total. The van der Waals surface area contributed by atoms with Crippen molar-refractivity contribution in [3.05, 3.63) is 12.8 Å². The van der Waals surface area contributed by atoms with E-state index in [0.717, 1.165) is 25.9 Å². The van der Waals surface area contributed by atoms with Gasteiger partial charge in [0.2, 0.25) is 0 Å². The van der Waals surface area contributed by atoms with Gasteiger partial charge in [0.25, 0.3) is 0 Å². The number of rotatable bonds is 3. The van der Waals surface area contributed by atoms with E-state index in [9.17, 15) is 4.79 Å². The van der Waals surface area contributed by atoms with Crippen LogP contribution in [0.3, 0.4) is 0 Å². The molecule has 0 aromatic heterocycles. The smallest absolute Gasteiger partial charge is 0.410 e. The van der Waals surface area contributed by atoms with E-state index in [1.54, 1.807) is 11.1 Å². The molecule has 1 heterocycles. The lowest BCUT2D eigenvalue weighted by atomic mass is 10.1. The molecule has 18 heavy (non-hydrogen) atoms. The van der Waals surface area contributed by atoms with Gasteiger partial charge < -0.3 is 14.6 Å². The van der Waals surface area contributed by atoms with Gasteiger partial charge in [-0.25, -0.2) is 10.2 Å². The Balaban J connectivity index is 2.44. The highest BCUT2D eigenvalue weighted by atomic mass is 16.6. The number of piperidine rings is 1. The van der Waals surface area contributed by atoms with Gasteiger partial charge in [0, 0.05) is 32.4 Å². The molecule has 1 saturated heterocycles. The van der Waals surface area contributed by atoms with Crippen molar-refractivity contribution in [2.75, 3.05) is 20.1 Å². The molecule has 0 aromatic rings. The molecule has 104 valence electrons. The number of hydrazine groups is 1. The molecule has 0 bridgehead atoms. The number of amides is 1. The fourth-order valence-electron chi connectivity index (χ4n) is 2.08. The first kappa shape index (κ1) is 14.8. The lowest BCUT2D eigenvalue weighted by Gasteiger charge is -2.37. The molecule has 0 radical (unpaired) electrons. The van der Waals surface area contributed by atoms with E-state index in [2.05, 4.69) is 12.0 Å². The molecule has 0 atom stereocenters. The summed E-state index contributed by atoms with van der Waals surface area (Å²) >= 11 is 0. The average Bonchev–Trinajstić information content (AvgIpc) is 2.29. The number of nitrogens with zero attached hydrogens (tertiary/aromatic N) is 2. The zero-order valence-electron chi connectivity index (χ0n) is 11.9. The molecule has 1 amide bonds. The van der Waals surface area contributed by atoms with Crippen molar-refractivity contribution >= 4 is 6.09 Å². The highest BCUT2D eigenvalue weighted by Crippen LogP contribution is 2.18. The average molecular weight is 255 g/mol. The van der Waals surface area contributed by atoms with Crippen LogP contribution in [0.2, 0.25) is 0 Å². The van der Waals surface area contributed by atoms with Crippen LogP contribution in [0.4, 0.5) is 4.79 Å². The van der Waals surface area contributed by atoms with Crippen LogP contribution in [0.15, 0.2) is 12.8 Å². The summed E-state index contributed by atoms with van der Waals surface area (Å²) in [6.45, 7) is 10.9. The van der Waals surface area contributed by atoms with Crippen molar-refractivity contribution in [2.24, 2.45) is 0 Å². The quantitative estimate of drug-likeness (QED) is 0.783. The summed E-state index contributed by atoms with van der Waals surface area (Å²) in [5, 5.41) is 1.99. The number of carbonyl (C=O) groups excluding carboxylic acids is 1. The van der Waals surface area contributed by atoms with Gasteiger partial charge in [-0.15, -0.1) is 0 Å². The molecule has 0 spiro atoms. The molecule has 1 aliphatic rings. The first-order valence-electron chi connectivity index (χ1n) is 6.43. The van der Waals surface area contributed by atoms with E-state index in [4.69, 9.17) is 4.74 Å². The summed E-state index contributed by atoms with van der Waals surface area (Å²) in [5.41, 5.74) is 2.66. The summed E-state index contributed by atoms with van der Waals surface area (Å²) in [4.78, 5) is 13.7. The second-order valence-corrected chi connectivity index (χ2v) is 5.51. The second-order valence-electron chi connectivity index (χ2n) is 5.51. The first-order chi connectivity index (χ1) is 8.37. The van der Waals surface area contributed by atoms with E-state index in [1.165, 1.54) is 0 Å². The monoisotopic (exact) mass is 255 g/mol. The highest BCUT2D eigenvalue weighted by Gasteiger charge is 2.28. The number of nitrogens with one attached hydrogen (secondary N) is 1. The van der Waals surface area contributed by atoms with Crippen LogP contribution in [-0.2, 0) is 4.74 Å². The van der Waals surface area contributed by atoms with E-state index >= 15 is 0 Å². The second kappa shape index (κ2) is 6.09. The van der Waals surface area contributed by atoms with Crippen LogP contribution in [0.25, 0.3) is 0 Å². The van der Waals surface area contributed by atoms with Gasteiger partial charge in [0.05, 0.1) is 0 Å². The van der Waals surface area contributed by atoms with Gasteiger partial charge in [0.15, 0.2) is 0 Å². The normalized spacial score (nSPS) is 17.4. The minimum atomic E-state index is -0.425. The number of carbonyl (C=O) groups is 1. The fraction of sp³-hybridized carbons (Fsp3) is 0.769. The van der Waals surface area contributed by atoms with Gasteiger partial charge in [-0.05, 0) is 33.6 Å². The van der Waals surface area contributed by atoms with Gasteiger partial charge in [-0.3, -0.25) is 0 Å². The topological polar surface area (TPSA) is 44.8 Å². The Morgan fingerprint density at radius 1 is 1.44 bits per heavy atom. The Bertz CT molecular complexity index is 291. The summed E-state index contributed by atoms with van der Waals surface area (Å²) in [7, 11) is 1.88. The third-order valence-corrected chi connectivity index (χ3v) is 2.96. The number of likely N-dealkylation sites (tertiary alicyclic amines) is 1. The molecular weight excluding hydrogens is 230 g/mol. The SMILES string of the molecule is C=CN(NC)C1CCN(C(=O)OC(C)(C)C)CC1. The Labute approximate surface area is 110 Å². The molecule has 0 aromatic carbocycles. The van der Waals surface area contributed by atoms with Crippen LogP contribution >= 0.6 is 0 Å². The maximum absolute atomic E-state index is 11.9. The predicted molar refractivity (Wildman–Crippen MR) is 71.9 cm³/mol. The largest absolute Gasteiger partial charge is 0.444 e. The summed E-state index contributed by atoms with van der Waals surface area (Å²) < 4.78 is 5.36. The first-order valence-corrected chi connectivity index (χ1v) is 6.43. The van der Waals surface area contributed by atoms with Crippen LogP contribution in [0, 0.1) is 0 Å². The molecule has 1 fully saturated rings. The molecule has 0 unspecified atom stereocenters. The third kappa shape index (κ3) is 4.22. The Morgan fingerprint density at radius 2 is 2.00 bits per heavy atom. The van der Waals surface area contributed by atoms with Gasteiger partial charge in [0.1, 0.15) is 5.60 Å². The van der Waals surface area contributed by atoms with E-state index in [-0.39, 0.29) is 6.09 Å². The van der Waals surface area contributed by atoms with E-state index in [0.29, 0.717) is 6.04 Å². The van der Waals surface area contributed by atoms with Gasteiger partial charge >= 0.3 is 6.09 Å². The number of ether oxygens (including phenoxy) is 1. The van der Waals surface area contributed by atoms with Crippen LogP contribution in [0.1, 0.15) is 33.6 Å². The zero-order chi connectivity index (χ0) is 13.8. The minimum Gasteiger partial charge on any atom is -0.444 e. The van der Waals surface area contributed by atoms with Crippen molar-refractivity contribution in [1.82, 2.24) is 15.3 Å². The van der Waals surface area contributed by atoms with Crippen LogP contribution < -0.4 is 5.43 Å². The molecular formula is C13H25N3O2. The number of hydrogen-bond donors (Lipinski definition) is 1. The molecule has 5 heteroatoms. The standard InChI is InChI=1S/C13H25N3O2/c1-6-16(14-5)11-7-9-15(10-8-11)12(17)18-13(2,3)4/h6,11,14H,1,7-10H2,2-5H3. The van der Waals surface area contributed by atoms with E-state index in [1.807, 2.05) is 32.8 Å². The maximum atomic E-state index is 11.9. The van der Waals surface area contributed by atoms with Crippen molar-refractivity contribution < 1.29 is 9.53 Å². The number of hydrogen-bond acceptors (Lipinski definition) is 4. The van der Waals surface area contributed by atoms with Crippen molar-refractivity contribution in [2.45, 2.75) is 45.3 Å². The molecule has 1 N–H and O–H groups in total. The van der Waals surface area contributed by atoms with Crippen molar-refractivity contribution in [3.63, 3.8) is 0 Å². The minimum absolute atomic E-state index is 0.212. The fourth-order valence-corrected chi connectivity index (χ4v) is 2.08. The Hall–Kier alpha value is -1.23. The lowest BCUT2D eigenvalue weighted by molar-refractivity contribution is 0.0149. The third-order valence-electron chi connectivity index (χ3n) is 2.96. The molecule has 1 aliphatic heterocycles. The Morgan fingerprint density at radius 3 is 2.39 bits per heavy atom. The van der Waals surface area contributed by atoms with Crippen molar-refractivity contribution in [1.29, 1.82) is 0 Å². The van der Waals surface area contributed by atoms with Crippen LogP contribution in [-0.4, -0.2) is 47.8 Å². The summed E-state index contributed by atoms with van der Waals surface area (Å²) in [5.74, 6) is 0. The molecule has 0 saturated carbocycles. The summed E-state index contributed by atoms with van der Waals surface area (Å²) in [6.07, 6.45) is 3.42. The summed E-state index contributed by atoms with van der Waals surface area (Å²) in [6, 6.07) is 0.395. The molecule has 0 aliphatic carbocycles. The highest BCUT2D eigenvalue weighted by molar-refractivity contribution is 5.68. The zero-order valence-corrected chi connectivity index (χ0v) is 11.9. The predicted octanol–water partition coefficient (Wildman–Crippen LogP) is 1.97. The van der Waals surface area contributed by atoms with Gasteiger partial charge in [-0.1, -0.05) is 6.58 Å². The lowest BCUT2D eigenvalue weighted by Crippen LogP contribution is -2.49. The Kier molecular flexibility index (Phi) is 5.02. The van der Waals surface area contributed by atoms with Crippen molar-refractivity contribution in [3.8, 4) is 0 Å². The van der Waals surface area contributed by atoms with E-state index < -0.39 is 5.60 Å². The van der Waals surface area contributed by atoms with Crippen LogP contribution in [0.5, 0.6) is 0 Å². The van der Waals surface area contributed by atoms with Gasteiger partial charge in [-0.2, -0.15) is 0 Å².